The number of hydrogen-bond donors (Lipinski definition) is 4. The van der Waals surface area contributed by atoms with Gasteiger partial charge in [-0.3, -0.25) is 9.89 Å². The van der Waals surface area contributed by atoms with Crippen LogP contribution in [0.1, 0.15) is 24.2 Å². The molecule has 1 aromatic rings. The van der Waals surface area contributed by atoms with Gasteiger partial charge in [0.15, 0.2) is 0 Å². The van der Waals surface area contributed by atoms with Crippen molar-refractivity contribution in [3.8, 4) is 0 Å². The normalized spacial score (nSPS) is 10.0. The summed E-state index contributed by atoms with van der Waals surface area (Å²) in [5.41, 5.74) is 2.15. The molecule has 0 radical (unpaired) electrons. The zero-order valence-corrected chi connectivity index (χ0v) is 9.83. The molecule has 0 fully saturated rings. The van der Waals surface area contributed by atoms with Gasteiger partial charge in [-0.1, -0.05) is 0 Å². The maximum absolute atomic E-state index is 11.4. The van der Waals surface area contributed by atoms with E-state index in [1.54, 1.807) is 13.8 Å². The molecule has 1 aromatic heterocycles. The number of amides is 2. The molecule has 1 heterocycles. The highest BCUT2D eigenvalue weighted by Crippen LogP contribution is 2.15. The summed E-state index contributed by atoms with van der Waals surface area (Å²) in [6.07, 6.45) is 0.455. The highest BCUT2D eigenvalue weighted by atomic mass is 16.4. The molecule has 4 N–H and O–H groups in total. The minimum atomic E-state index is -0.867. The van der Waals surface area contributed by atoms with Crippen molar-refractivity contribution in [1.82, 2.24) is 15.5 Å². The topological polar surface area (TPSA) is 107 Å². The number of aromatic amines is 1. The number of carbonyl (C=O) groups excluding carboxylic acids is 1. The van der Waals surface area contributed by atoms with Crippen LogP contribution >= 0.6 is 0 Å². The average Bonchev–Trinajstić information content (AvgIpc) is 2.56. The molecule has 0 unspecified atom stereocenters. The lowest BCUT2D eigenvalue weighted by Crippen LogP contribution is -2.30. The van der Waals surface area contributed by atoms with E-state index < -0.39 is 5.97 Å². The molecule has 0 aromatic carbocycles. The first-order valence-corrected chi connectivity index (χ1v) is 5.29. The summed E-state index contributed by atoms with van der Waals surface area (Å²) in [4.78, 5) is 21.7. The van der Waals surface area contributed by atoms with Crippen molar-refractivity contribution < 1.29 is 14.7 Å². The highest BCUT2D eigenvalue weighted by Gasteiger charge is 2.09. The van der Waals surface area contributed by atoms with Crippen LogP contribution in [0.4, 0.5) is 10.5 Å². The van der Waals surface area contributed by atoms with E-state index in [2.05, 4.69) is 20.8 Å². The van der Waals surface area contributed by atoms with Gasteiger partial charge in [0.2, 0.25) is 0 Å². The third-order valence-corrected chi connectivity index (χ3v) is 2.22. The molecule has 0 atom stereocenters. The SMILES string of the molecule is Cc1n[nH]c(C)c1NC(=O)NCCCC(=O)O. The lowest BCUT2D eigenvalue weighted by Gasteiger charge is -2.06. The third-order valence-electron chi connectivity index (χ3n) is 2.22. The number of carbonyl (C=O) groups is 2. The minimum absolute atomic E-state index is 0.0457. The highest BCUT2D eigenvalue weighted by molar-refractivity contribution is 5.90. The lowest BCUT2D eigenvalue weighted by molar-refractivity contribution is -0.137. The smallest absolute Gasteiger partial charge is 0.319 e. The molecule has 2 amide bonds. The van der Waals surface area contributed by atoms with Crippen LogP contribution in [0.2, 0.25) is 0 Å². The average molecular weight is 240 g/mol. The van der Waals surface area contributed by atoms with Gasteiger partial charge in [-0.25, -0.2) is 4.79 Å². The molecular weight excluding hydrogens is 224 g/mol. The number of rotatable bonds is 5. The number of hydrogen-bond acceptors (Lipinski definition) is 3. The molecule has 0 saturated carbocycles. The summed E-state index contributed by atoms with van der Waals surface area (Å²) in [5.74, 6) is -0.867. The largest absolute Gasteiger partial charge is 0.481 e. The second-order valence-corrected chi connectivity index (χ2v) is 3.69. The number of anilines is 1. The van der Waals surface area contributed by atoms with Crippen molar-refractivity contribution in [2.45, 2.75) is 26.7 Å². The first-order valence-electron chi connectivity index (χ1n) is 5.29. The maximum Gasteiger partial charge on any atom is 0.319 e. The minimum Gasteiger partial charge on any atom is -0.481 e. The van der Waals surface area contributed by atoms with Crippen molar-refractivity contribution in [2.24, 2.45) is 0 Å². The third kappa shape index (κ3) is 4.13. The summed E-state index contributed by atoms with van der Waals surface area (Å²) < 4.78 is 0. The molecule has 7 heteroatoms. The molecule has 0 aliphatic rings. The molecule has 7 nitrogen and oxygen atoms in total. The van der Waals surface area contributed by atoms with Gasteiger partial charge in [-0.15, -0.1) is 0 Å². The molecule has 0 spiro atoms. The molecule has 17 heavy (non-hydrogen) atoms. The van der Waals surface area contributed by atoms with E-state index in [1.807, 2.05) is 0 Å². The maximum atomic E-state index is 11.4. The molecule has 0 aliphatic heterocycles. The molecular formula is C10H16N4O3. The predicted octanol–water partition coefficient (Wildman–Crippen LogP) is 1.01. The van der Waals surface area contributed by atoms with Crippen molar-refractivity contribution in [1.29, 1.82) is 0 Å². The number of aliphatic carboxylic acids is 1. The standard InChI is InChI=1S/C10H16N4O3/c1-6-9(7(2)14-13-6)12-10(17)11-5-3-4-8(15)16/h3-5H2,1-2H3,(H,13,14)(H,15,16)(H2,11,12,17). The van der Waals surface area contributed by atoms with Gasteiger partial charge in [0, 0.05) is 13.0 Å². The Morgan fingerprint density at radius 1 is 1.41 bits per heavy atom. The molecule has 94 valence electrons. The fourth-order valence-electron chi connectivity index (χ4n) is 1.33. The Kier molecular flexibility index (Phi) is 4.50. The van der Waals surface area contributed by atoms with Crippen LogP contribution in [-0.4, -0.2) is 33.8 Å². The van der Waals surface area contributed by atoms with Crippen LogP contribution in [-0.2, 0) is 4.79 Å². The van der Waals surface area contributed by atoms with Gasteiger partial charge < -0.3 is 15.7 Å². The number of aromatic nitrogens is 2. The Morgan fingerprint density at radius 2 is 2.12 bits per heavy atom. The van der Waals surface area contributed by atoms with Gasteiger partial charge in [0.05, 0.1) is 17.1 Å². The Labute approximate surface area is 98.6 Å². The number of nitrogens with zero attached hydrogens (tertiary/aromatic N) is 1. The number of urea groups is 1. The second-order valence-electron chi connectivity index (χ2n) is 3.69. The Hall–Kier alpha value is -2.05. The van der Waals surface area contributed by atoms with Gasteiger partial charge in [-0.2, -0.15) is 5.10 Å². The van der Waals surface area contributed by atoms with E-state index in [0.29, 0.717) is 24.3 Å². The quantitative estimate of drug-likeness (QED) is 0.576. The number of carboxylic acids is 1. The Bertz CT molecular complexity index is 394. The first-order chi connectivity index (χ1) is 8.00. The lowest BCUT2D eigenvalue weighted by atomic mass is 10.3. The summed E-state index contributed by atoms with van der Waals surface area (Å²) in [5, 5.41) is 20.3. The van der Waals surface area contributed by atoms with E-state index >= 15 is 0 Å². The van der Waals surface area contributed by atoms with E-state index in [9.17, 15) is 9.59 Å². The number of aryl methyl sites for hydroxylation is 2. The van der Waals surface area contributed by atoms with Crippen LogP contribution in [0.25, 0.3) is 0 Å². The van der Waals surface area contributed by atoms with Gasteiger partial charge in [0.25, 0.3) is 0 Å². The van der Waals surface area contributed by atoms with Crippen LogP contribution in [0.15, 0.2) is 0 Å². The molecule has 0 saturated heterocycles. The Balaban J connectivity index is 2.33. The number of nitrogens with one attached hydrogen (secondary N) is 3. The number of H-pyrrole nitrogens is 1. The van der Waals surface area contributed by atoms with Gasteiger partial charge in [0.1, 0.15) is 0 Å². The summed E-state index contributed by atoms with van der Waals surface area (Å²) >= 11 is 0. The summed E-state index contributed by atoms with van der Waals surface area (Å²) in [7, 11) is 0. The van der Waals surface area contributed by atoms with Crippen LogP contribution in [0.3, 0.4) is 0 Å². The fourth-order valence-corrected chi connectivity index (χ4v) is 1.33. The van der Waals surface area contributed by atoms with Crippen molar-refractivity contribution >= 4 is 17.7 Å². The van der Waals surface area contributed by atoms with Gasteiger partial charge >= 0.3 is 12.0 Å². The zero-order chi connectivity index (χ0) is 12.8. The Morgan fingerprint density at radius 3 is 2.65 bits per heavy atom. The van der Waals surface area contributed by atoms with Crippen molar-refractivity contribution in [3.05, 3.63) is 11.4 Å². The van der Waals surface area contributed by atoms with Crippen LogP contribution in [0, 0.1) is 13.8 Å². The van der Waals surface area contributed by atoms with E-state index in [-0.39, 0.29) is 12.5 Å². The fraction of sp³-hybridized carbons (Fsp3) is 0.500. The monoisotopic (exact) mass is 240 g/mol. The van der Waals surface area contributed by atoms with E-state index in [0.717, 1.165) is 5.69 Å². The van der Waals surface area contributed by atoms with Crippen molar-refractivity contribution in [3.63, 3.8) is 0 Å². The molecule has 0 aliphatic carbocycles. The van der Waals surface area contributed by atoms with Crippen LogP contribution < -0.4 is 10.6 Å². The van der Waals surface area contributed by atoms with Crippen LogP contribution in [0.5, 0.6) is 0 Å². The predicted molar refractivity (Wildman–Crippen MR) is 62.0 cm³/mol. The molecule has 1 rings (SSSR count). The summed E-state index contributed by atoms with van der Waals surface area (Å²) in [6.45, 7) is 3.91. The van der Waals surface area contributed by atoms with Crippen molar-refractivity contribution in [2.75, 3.05) is 11.9 Å². The van der Waals surface area contributed by atoms with Gasteiger partial charge in [-0.05, 0) is 20.3 Å². The number of carboxylic acid groups (broad SMARTS) is 1. The van der Waals surface area contributed by atoms with E-state index in [1.165, 1.54) is 0 Å². The van der Waals surface area contributed by atoms with E-state index in [4.69, 9.17) is 5.11 Å². The molecule has 0 bridgehead atoms. The first kappa shape index (κ1) is 13.0. The zero-order valence-electron chi connectivity index (χ0n) is 9.83. The second kappa shape index (κ2) is 5.88. The summed E-state index contributed by atoms with van der Waals surface area (Å²) in [6, 6.07) is -0.358.